The number of nitrogens with one attached hydrogen (secondary N) is 1. The molecule has 0 amide bonds. The van der Waals surface area contributed by atoms with Gasteiger partial charge in [-0.1, -0.05) is 19.1 Å². The Labute approximate surface area is 131 Å². The number of halogens is 1. The summed E-state index contributed by atoms with van der Waals surface area (Å²) in [5.41, 5.74) is 8.37. The maximum absolute atomic E-state index is 5.73. The standard InChI is InChI=1S/C14H21N3O.HI/c1-2-7-16-14(15)17-8-5-11-3-4-13-12(10-11)6-9-18-13;/h3-4,10H,2,5-9H2,1H3,(H3,15,16,17);1H. The Morgan fingerprint density at radius 3 is 3.11 bits per heavy atom. The Balaban J connectivity index is 0.00000180. The van der Waals surface area contributed by atoms with Crippen LogP contribution in [0.3, 0.4) is 0 Å². The molecule has 0 saturated carbocycles. The van der Waals surface area contributed by atoms with Crippen molar-refractivity contribution in [3.8, 4) is 5.75 Å². The van der Waals surface area contributed by atoms with Gasteiger partial charge in [-0.2, -0.15) is 0 Å². The molecular formula is C14H22IN3O. The molecule has 106 valence electrons. The van der Waals surface area contributed by atoms with Crippen molar-refractivity contribution < 1.29 is 4.74 Å². The van der Waals surface area contributed by atoms with Crippen LogP contribution >= 0.6 is 24.0 Å². The van der Waals surface area contributed by atoms with Gasteiger partial charge in [-0.3, -0.25) is 4.99 Å². The van der Waals surface area contributed by atoms with Crippen molar-refractivity contribution >= 4 is 29.9 Å². The zero-order chi connectivity index (χ0) is 12.8. The van der Waals surface area contributed by atoms with E-state index in [0.717, 1.165) is 44.7 Å². The fourth-order valence-corrected chi connectivity index (χ4v) is 2.02. The first-order valence-corrected chi connectivity index (χ1v) is 6.58. The van der Waals surface area contributed by atoms with Gasteiger partial charge in [0.05, 0.1) is 6.61 Å². The lowest BCUT2D eigenvalue weighted by atomic mass is 10.1. The van der Waals surface area contributed by atoms with E-state index in [4.69, 9.17) is 10.5 Å². The second-order valence-corrected chi connectivity index (χ2v) is 4.48. The smallest absolute Gasteiger partial charge is 0.188 e. The van der Waals surface area contributed by atoms with Gasteiger partial charge in [0.2, 0.25) is 0 Å². The molecule has 0 radical (unpaired) electrons. The fraction of sp³-hybridized carbons (Fsp3) is 0.500. The second-order valence-electron chi connectivity index (χ2n) is 4.48. The van der Waals surface area contributed by atoms with Crippen LogP contribution in [0.4, 0.5) is 0 Å². The normalized spacial score (nSPS) is 13.4. The van der Waals surface area contributed by atoms with E-state index in [1.54, 1.807) is 0 Å². The molecule has 4 nitrogen and oxygen atoms in total. The SMILES string of the molecule is CCCN=C(N)NCCc1ccc2c(c1)CCO2.I. The minimum Gasteiger partial charge on any atom is -0.493 e. The minimum absolute atomic E-state index is 0. The topological polar surface area (TPSA) is 59.6 Å². The van der Waals surface area contributed by atoms with Gasteiger partial charge < -0.3 is 15.8 Å². The molecule has 0 saturated heterocycles. The van der Waals surface area contributed by atoms with E-state index in [-0.39, 0.29) is 24.0 Å². The predicted molar refractivity (Wildman–Crippen MR) is 89.5 cm³/mol. The van der Waals surface area contributed by atoms with Gasteiger partial charge in [0.15, 0.2) is 5.96 Å². The van der Waals surface area contributed by atoms with Crippen molar-refractivity contribution in [3.63, 3.8) is 0 Å². The average Bonchev–Trinajstić information content (AvgIpc) is 2.83. The van der Waals surface area contributed by atoms with Gasteiger partial charge >= 0.3 is 0 Å². The molecule has 0 fully saturated rings. The number of aliphatic imine (C=N–C) groups is 1. The van der Waals surface area contributed by atoms with Gasteiger partial charge in [-0.25, -0.2) is 0 Å². The van der Waals surface area contributed by atoms with Crippen molar-refractivity contribution in [1.82, 2.24) is 5.32 Å². The van der Waals surface area contributed by atoms with Crippen LogP contribution in [0.2, 0.25) is 0 Å². The minimum atomic E-state index is 0. The molecular weight excluding hydrogens is 353 g/mol. The van der Waals surface area contributed by atoms with E-state index in [9.17, 15) is 0 Å². The molecule has 0 aromatic heterocycles. The quantitative estimate of drug-likeness (QED) is 0.471. The Morgan fingerprint density at radius 1 is 1.47 bits per heavy atom. The number of ether oxygens (including phenoxy) is 1. The van der Waals surface area contributed by atoms with E-state index < -0.39 is 0 Å². The molecule has 0 unspecified atom stereocenters. The molecule has 1 aromatic carbocycles. The first kappa shape index (κ1) is 16.1. The third-order valence-electron chi connectivity index (χ3n) is 2.98. The van der Waals surface area contributed by atoms with Gasteiger partial charge in [0, 0.05) is 19.5 Å². The number of benzene rings is 1. The summed E-state index contributed by atoms with van der Waals surface area (Å²) in [5, 5.41) is 3.13. The van der Waals surface area contributed by atoms with Crippen LogP contribution in [0.1, 0.15) is 24.5 Å². The third kappa shape index (κ3) is 4.89. The lowest BCUT2D eigenvalue weighted by Crippen LogP contribution is -2.33. The van der Waals surface area contributed by atoms with Crippen LogP contribution in [0, 0.1) is 0 Å². The number of hydrogen-bond donors (Lipinski definition) is 2. The molecule has 1 aliphatic rings. The zero-order valence-electron chi connectivity index (χ0n) is 11.3. The number of fused-ring (bicyclic) bond motifs is 1. The molecule has 1 aliphatic heterocycles. The molecule has 0 aliphatic carbocycles. The monoisotopic (exact) mass is 375 g/mol. The lowest BCUT2D eigenvalue weighted by molar-refractivity contribution is 0.357. The number of nitrogens with zero attached hydrogens (tertiary/aromatic N) is 1. The van der Waals surface area contributed by atoms with Crippen LogP contribution in [0.5, 0.6) is 5.75 Å². The maximum atomic E-state index is 5.73. The van der Waals surface area contributed by atoms with Crippen molar-refractivity contribution in [3.05, 3.63) is 29.3 Å². The van der Waals surface area contributed by atoms with Crippen LogP contribution in [-0.2, 0) is 12.8 Å². The highest BCUT2D eigenvalue weighted by Gasteiger charge is 2.11. The summed E-state index contributed by atoms with van der Waals surface area (Å²) in [6.45, 7) is 4.50. The van der Waals surface area contributed by atoms with E-state index in [1.807, 2.05) is 0 Å². The summed E-state index contributed by atoms with van der Waals surface area (Å²) in [7, 11) is 0. The van der Waals surface area contributed by atoms with Gasteiger partial charge in [0.25, 0.3) is 0 Å². The molecule has 1 heterocycles. The fourth-order valence-electron chi connectivity index (χ4n) is 2.02. The predicted octanol–water partition coefficient (Wildman–Crippen LogP) is 2.10. The van der Waals surface area contributed by atoms with E-state index in [0.29, 0.717) is 5.96 Å². The highest BCUT2D eigenvalue weighted by molar-refractivity contribution is 14.0. The first-order valence-electron chi connectivity index (χ1n) is 6.58. The molecule has 19 heavy (non-hydrogen) atoms. The highest BCUT2D eigenvalue weighted by Crippen LogP contribution is 2.25. The van der Waals surface area contributed by atoms with Gasteiger partial charge in [0.1, 0.15) is 5.75 Å². The Kier molecular flexibility index (Phi) is 6.97. The molecule has 2 rings (SSSR count). The summed E-state index contributed by atoms with van der Waals surface area (Å²) in [5.74, 6) is 1.58. The number of rotatable bonds is 5. The lowest BCUT2D eigenvalue weighted by Gasteiger charge is -2.07. The van der Waals surface area contributed by atoms with Crippen LogP contribution < -0.4 is 15.8 Å². The molecule has 1 aromatic rings. The number of guanidine groups is 1. The third-order valence-corrected chi connectivity index (χ3v) is 2.98. The van der Waals surface area contributed by atoms with E-state index in [2.05, 4.69) is 35.4 Å². The van der Waals surface area contributed by atoms with Crippen molar-refractivity contribution in [2.75, 3.05) is 19.7 Å². The average molecular weight is 375 g/mol. The summed E-state index contributed by atoms with van der Waals surface area (Å²) in [6, 6.07) is 6.40. The largest absolute Gasteiger partial charge is 0.493 e. The Bertz CT molecular complexity index is 435. The van der Waals surface area contributed by atoms with E-state index in [1.165, 1.54) is 11.1 Å². The maximum Gasteiger partial charge on any atom is 0.188 e. The molecule has 5 heteroatoms. The summed E-state index contributed by atoms with van der Waals surface area (Å²) >= 11 is 0. The van der Waals surface area contributed by atoms with Crippen molar-refractivity contribution in [2.24, 2.45) is 10.7 Å². The van der Waals surface area contributed by atoms with E-state index >= 15 is 0 Å². The number of hydrogen-bond acceptors (Lipinski definition) is 2. The van der Waals surface area contributed by atoms with Gasteiger partial charge in [-0.05, 0) is 30.0 Å². The van der Waals surface area contributed by atoms with Gasteiger partial charge in [-0.15, -0.1) is 24.0 Å². The summed E-state index contributed by atoms with van der Waals surface area (Å²) in [4.78, 5) is 4.19. The van der Waals surface area contributed by atoms with Crippen molar-refractivity contribution in [2.45, 2.75) is 26.2 Å². The molecule has 0 spiro atoms. The Morgan fingerprint density at radius 2 is 2.32 bits per heavy atom. The first-order chi connectivity index (χ1) is 8.79. The van der Waals surface area contributed by atoms with Crippen molar-refractivity contribution in [1.29, 1.82) is 0 Å². The van der Waals surface area contributed by atoms with Crippen LogP contribution in [0.25, 0.3) is 0 Å². The molecule has 0 atom stereocenters. The molecule has 0 bridgehead atoms. The van der Waals surface area contributed by atoms with Crippen LogP contribution in [0.15, 0.2) is 23.2 Å². The number of nitrogens with two attached hydrogens (primary N) is 1. The summed E-state index contributed by atoms with van der Waals surface area (Å²) in [6.07, 6.45) is 3.00. The summed E-state index contributed by atoms with van der Waals surface area (Å²) < 4.78 is 5.49. The Hall–Kier alpha value is -0.980. The highest BCUT2D eigenvalue weighted by atomic mass is 127. The molecule has 3 N–H and O–H groups in total. The zero-order valence-corrected chi connectivity index (χ0v) is 13.6. The second kappa shape index (κ2) is 8.24. The van der Waals surface area contributed by atoms with Crippen LogP contribution in [-0.4, -0.2) is 25.7 Å².